The average molecular weight is 266 g/mol. The van der Waals surface area contributed by atoms with Crippen molar-refractivity contribution in [2.75, 3.05) is 26.8 Å². The Morgan fingerprint density at radius 1 is 1.26 bits per heavy atom. The Labute approximate surface area is 114 Å². The number of carbonyl (C=O) groups excluding carboxylic acids is 1. The third kappa shape index (κ3) is 5.83. The Bertz CT molecular complexity index is 374. The molecule has 0 bridgehead atoms. The molecule has 0 aliphatic carbocycles. The zero-order valence-electron chi connectivity index (χ0n) is 11.8. The highest BCUT2D eigenvalue weighted by Gasteiger charge is 2.14. The van der Waals surface area contributed by atoms with Gasteiger partial charge >= 0.3 is 0 Å². The molecule has 3 nitrogen and oxygen atoms in total. The molecule has 106 valence electrons. The maximum atomic E-state index is 11.6. The van der Waals surface area contributed by atoms with Gasteiger partial charge in [-0.25, -0.2) is 0 Å². The van der Waals surface area contributed by atoms with Gasteiger partial charge in [-0.2, -0.15) is 0 Å². The molecule has 1 saturated heterocycles. The largest absolute Gasteiger partial charge is 0.352 e. The number of benzene rings is 1. The third-order valence-electron chi connectivity index (χ3n) is 3.21. The van der Waals surface area contributed by atoms with E-state index in [1.165, 1.54) is 12.0 Å². The highest BCUT2D eigenvalue weighted by molar-refractivity contribution is 5.76. The average Bonchev–Trinajstić information content (AvgIpc) is 2.39. The number of hydrogen-bond acceptors (Lipinski definition) is 2. The summed E-state index contributed by atoms with van der Waals surface area (Å²) in [5, 5.41) is 2.96. The molecule has 0 spiro atoms. The number of nitrogens with zero attached hydrogens (tertiary/aromatic N) is 1. The molecule has 1 aromatic carbocycles. The standard InChI is InChI=1S/C14H20N2O.CH3F/c1-12-3-5-13(6-4-12)11-15-14(17)7-10-16-8-2-9-16;1-2/h3-6H,2,7-11H2,1H3,(H,15,17);1H3. The number of halogens is 1. The van der Waals surface area contributed by atoms with Gasteiger partial charge in [0.1, 0.15) is 0 Å². The second kappa shape index (κ2) is 8.64. The lowest BCUT2D eigenvalue weighted by Gasteiger charge is -2.30. The van der Waals surface area contributed by atoms with Crippen LogP contribution in [-0.4, -0.2) is 37.6 Å². The van der Waals surface area contributed by atoms with Gasteiger partial charge in [-0.05, 0) is 32.0 Å². The highest BCUT2D eigenvalue weighted by atomic mass is 19.1. The van der Waals surface area contributed by atoms with Crippen molar-refractivity contribution in [1.29, 1.82) is 0 Å². The van der Waals surface area contributed by atoms with E-state index in [9.17, 15) is 9.18 Å². The lowest BCUT2D eigenvalue weighted by Crippen LogP contribution is -2.39. The molecule has 1 amide bonds. The Balaban J connectivity index is 0.000000861. The number of amides is 1. The van der Waals surface area contributed by atoms with E-state index in [-0.39, 0.29) is 5.91 Å². The first-order valence-electron chi connectivity index (χ1n) is 6.66. The van der Waals surface area contributed by atoms with Crippen LogP contribution < -0.4 is 5.32 Å². The minimum Gasteiger partial charge on any atom is -0.352 e. The van der Waals surface area contributed by atoms with Gasteiger partial charge in [0, 0.05) is 19.5 Å². The fourth-order valence-electron chi connectivity index (χ4n) is 1.86. The van der Waals surface area contributed by atoms with Crippen molar-refractivity contribution in [2.45, 2.75) is 26.3 Å². The molecule has 19 heavy (non-hydrogen) atoms. The van der Waals surface area contributed by atoms with Gasteiger partial charge in [-0.3, -0.25) is 9.18 Å². The van der Waals surface area contributed by atoms with E-state index in [4.69, 9.17) is 0 Å². The fraction of sp³-hybridized carbons (Fsp3) is 0.533. The highest BCUT2D eigenvalue weighted by Crippen LogP contribution is 2.06. The van der Waals surface area contributed by atoms with Crippen molar-refractivity contribution >= 4 is 5.91 Å². The summed E-state index contributed by atoms with van der Waals surface area (Å²) in [5.41, 5.74) is 2.41. The molecule has 4 heteroatoms. The summed E-state index contributed by atoms with van der Waals surface area (Å²) in [6, 6.07) is 8.26. The van der Waals surface area contributed by atoms with E-state index in [2.05, 4.69) is 41.4 Å². The number of nitrogens with one attached hydrogen (secondary N) is 1. The number of aryl methyl sites for hydroxylation is 1. The first-order valence-corrected chi connectivity index (χ1v) is 6.66. The summed E-state index contributed by atoms with van der Waals surface area (Å²) in [6.45, 7) is 5.92. The molecule has 1 aromatic rings. The maximum Gasteiger partial charge on any atom is 0.221 e. The molecule has 2 rings (SSSR count). The fourth-order valence-corrected chi connectivity index (χ4v) is 1.86. The number of carbonyl (C=O) groups is 1. The van der Waals surface area contributed by atoms with E-state index in [0.717, 1.165) is 25.2 Å². The van der Waals surface area contributed by atoms with E-state index in [1.54, 1.807) is 0 Å². The van der Waals surface area contributed by atoms with Crippen molar-refractivity contribution in [3.8, 4) is 0 Å². The Morgan fingerprint density at radius 2 is 1.89 bits per heavy atom. The van der Waals surface area contributed by atoms with Crippen molar-refractivity contribution < 1.29 is 9.18 Å². The van der Waals surface area contributed by atoms with Crippen LogP contribution in [0.5, 0.6) is 0 Å². The maximum absolute atomic E-state index is 11.6. The molecule has 0 radical (unpaired) electrons. The van der Waals surface area contributed by atoms with E-state index in [0.29, 0.717) is 20.1 Å². The van der Waals surface area contributed by atoms with E-state index < -0.39 is 0 Å². The van der Waals surface area contributed by atoms with Crippen LogP contribution in [0.3, 0.4) is 0 Å². The van der Waals surface area contributed by atoms with Crippen LogP contribution in [0.4, 0.5) is 4.39 Å². The Hall–Kier alpha value is -1.42. The van der Waals surface area contributed by atoms with Gasteiger partial charge in [0.2, 0.25) is 5.91 Å². The monoisotopic (exact) mass is 266 g/mol. The summed E-state index contributed by atoms with van der Waals surface area (Å²) < 4.78 is 9.50. The van der Waals surface area contributed by atoms with Crippen LogP contribution >= 0.6 is 0 Å². The number of likely N-dealkylation sites (tertiary alicyclic amines) is 1. The lowest BCUT2D eigenvalue weighted by molar-refractivity contribution is -0.121. The molecule has 1 aliphatic rings. The van der Waals surface area contributed by atoms with Gasteiger partial charge in [-0.1, -0.05) is 29.8 Å². The molecule has 1 N–H and O–H groups in total. The van der Waals surface area contributed by atoms with Crippen molar-refractivity contribution in [1.82, 2.24) is 10.2 Å². The van der Waals surface area contributed by atoms with Gasteiger partial charge < -0.3 is 10.2 Å². The lowest BCUT2D eigenvalue weighted by atomic mass is 10.1. The first-order chi connectivity index (χ1) is 9.24. The van der Waals surface area contributed by atoms with Crippen molar-refractivity contribution in [2.24, 2.45) is 0 Å². The zero-order valence-corrected chi connectivity index (χ0v) is 11.8. The Kier molecular flexibility index (Phi) is 7.11. The molecule has 1 aliphatic heterocycles. The van der Waals surface area contributed by atoms with Crippen molar-refractivity contribution in [3.63, 3.8) is 0 Å². The zero-order chi connectivity index (χ0) is 14.1. The second-order valence-electron chi connectivity index (χ2n) is 4.71. The predicted molar refractivity (Wildman–Crippen MR) is 75.7 cm³/mol. The van der Waals surface area contributed by atoms with E-state index >= 15 is 0 Å². The van der Waals surface area contributed by atoms with Gasteiger partial charge in [0.15, 0.2) is 0 Å². The molecule has 0 atom stereocenters. The minimum atomic E-state index is 0.150. The summed E-state index contributed by atoms with van der Waals surface area (Å²) >= 11 is 0. The SMILES string of the molecule is CF.Cc1ccc(CNC(=O)CCN2CCC2)cc1. The van der Waals surface area contributed by atoms with E-state index in [1.807, 2.05) is 0 Å². The minimum absolute atomic E-state index is 0.150. The second-order valence-corrected chi connectivity index (χ2v) is 4.71. The van der Waals surface area contributed by atoms with Crippen LogP contribution in [0, 0.1) is 6.92 Å². The molecule has 0 aromatic heterocycles. The summed E-state index contributed by atoms with van der Waals surface area (Å²) in [7, 11) is 0.500. The van der Waals surface area contributed by atoms with Crippen LogP contribution in [0.15, 0.2) is 24.3 Å². The summed E-state index contributed by atoms with van der Waals surface area (Å²) in [6.07, 6.45) is 1.90. The van der Waals surface area contributed by atoms with Crippen LogP contribution in [-0.2, 0) is 11.3 Å². The Morgan fingerprint density at radius 3 is 2.42 bits per heavy atom. The van der Waals surface area contributed by atoms with Crippen molar-refractivity contribution in [3.05, 3.63) is 35.4 Å². The van der Waals surface area contributed by atoms with Gasteiger partial charge in [-0.15, -0.1) is 0 Å². The van der Waals surface area contributed by atoms with Gasteiger partial charge in [0.05, 0.1) is 7.18 Å². The molecular formula is C15H23FN2O. The van der Waals surface area contributed by atoms with Crippen LogP contribution in [0.1, 0.15) is 24.0 Å². The number of hydrogen-bond donors (Lipinski definition) is 1. The van der Waals surface area contributed by atoms with Gasteiger partial charge in [0.25, 0.3) is 0 Å². The van der Waals surface area contributed by atoms with Crippen LogP contribution in [0.25, 0.3) is 0 Å². The topological polar surface area (TPSA) is 32.3 Å². The summed E-state index contributed by atoms with van der Waals surface area (Å²) in [4.78, 5) is 13.9. The third-order valence-corrected chi connectivity index (χ3v) is 3.21. The smallest absolute Gasteiger partial charge is 0.221 e. The molecule has 1 fully saturated rings. The predicted octanol–water partition coefficient (Wildman–Crippen LogP) is 2.29. The molecule has 1 heterocycles. The number of rotatable bonds is 5. The number of alkyl halides is 1. The van der Waals surface area contributed by atoms with Crippen LogP contribution in [0.2, 0.25) is 0 Å². The summed E-state index contributed by atoms with van der Waals surface area (Å²) in [5.74, 6) is 0.150. The molecule has 0 saturated carbocycles. The normalized spacial score (nSPS) is 14.1. The quantitative estimate of drug-likeness (QED) is 0.887. The first kappa shape index (κ1) is 15.6. The molecular weight excluding hydrogens is 243 g/mol. The molecule has 0 unspecified atom stereocenters.